The number of hydrogen-bond donors (Lipinski definition) is 0. The van der Waals surface area contributed by atoms with E-state index < -0.39 is 0 Å². The summed E-state index contributed by atoms with van der Waals surface area (Å²) in [6.07, 6.45) is 1.79. The molecule has 0 fully saturated rings. The molecule has 3 heteroatoms. The van der Waals surface area contributed by atoms with E-state index >= 15 is 0 Å². The van der Waals surface area contributed by atoms with Gasteiger partial charge in [0.2, 0.25) is 0 Å². The zero-order chi connectivity index (χ0) is 4.12. The molecule has 0 unspecified atom stereocenters. The van der Waals surface area contributed by atoms with E-state index in [1.165, 1.54) is 10.8 Å². The first-order valence-electron chi connectivity index (χ1n) is 1.27. The maximum absolute atomic E-state index is 4.50. The molecule has 0 aromatic heterocycles. The van der Waals surface area contributed by atoms with Crippen LogP contribution in [0.25, 0.3) is 0 Å². The second-order valence-electron chi connectivity index (χ2n) is 0.573. The molecule has 0 aromatic carbocycles. The minimum Gasteiger partial charge on any atom is -0.719 e. The van der Waals surface area contributed by atoms with Gasteiger partial charge in [0.25, 0.3) is 0 Å². The fourth-order valence-electron chi connectivity index (χ4n) is 0.0481. The molecule has 0 atom stereocenters. The molecule has 0 spiro atoms. The van der Waals surface area contributed by atoms with Crippen LogP contribution in [0.1, 0.15) is 0 Å². The Morgan fingerprint density at radius 2 is 2.33 bits per heavy atom. The van der Waals surface area contributed by atoms with Crippen LogP contribution in [0.4, 0.5) is 0 Å². The summed E-state index contributed by atoms with van der Waals surface area (Å²) in [5, 5.41) is 0. The van der Waals surface area contributed by atoms with Crippen molar-refractivity contribution in [1.82, 2.24) is 0 Å². The Morgan fingerprint density at radius 3 is 2.33 bits per heavy atom. The minimum atomic E-state index is 0. The standard InChI is InChI=1S/C3H6S2.K/c1-2-3-5-4;/h2,4H,1,3H2;/q;+1/p-1. The first-order chi connectivity index (χ1) is 2.41. The van der Waals surface area contributed by atoms with Crippen molar-refractivity contribution in [1.29, 1.82) is 0 Å². The van der Waals surface area contributed by atoms with Gasteiger partial charge in [-0.1, -0.05) is 6.08 Å². The van der Waals surface area contributed by atoms with Gasteiger partial charge in [-0.25, -0.2) is 0 Å². The van der Waals surface area contributed by atoms with Crippen LogP contribution in [-0.4, -0.2) is 5.75 Å². The monoisotopic (exact) mass is 144 g/mol. The summed E-state index contributed by atoms with van der Waals surface area (Å²) >= 11 is 4.50. The maximum Gasteiger partial charge on any atom is 1.00 e. The smallest absolute Gasteiger partial charge is 0.719 e. The molecule has 0 radical (unpaired) electrons. The molecule has 0 nitrogen and oxygen atoms in total. The topological polar surface area (TPSA) is 0 Å². The normalized spacial score (nSPS) is 6.17. The number of hydrogen-bond acceptors (Lipinski definition) is 2. The van der Waals surface area contributed by atoms with Crippen LogP contribution < -0.4 is 51.4 Å². The molecule has 0 aromatic rings. The summed E-state index contributed by atoms with van der Waals surface area (Å²) in [7, 11) is 1.37. The summed E-state index contributed by atoms with van der Waals surface area (Å²) in [4.78, 5) is 0. The van der Waals surface area contributed by atoms with Crippen molar-refractivity contribution in [2.75, 3.05) is 5.75 Å². The fourth-order valence-corrected chi connectivity index (χ4v) is 0.433. The maximum atomic E-state index is 4.50. The van der Waals surface area contributed by atoms with E-state index in [0.29, 0.717) is 0 Å². The zero-order valence-electron chi connectivity index (χ0n) is 3.81. The average Bonchev–Trinajstić information content (AvgIpc) is 1.41. The van der Waals surface area contributed by atoms with E-state index in [1.807, 2.05) is 0 Å². The molecule has 0 aliphatic carbocycles. The van der Waals surface area contributed by atoms with Gasteiger partial charge >= 0.3 is 51.4 Å². The Balaban J connectivity index is 0. The molecule has 0 bridgehead atoms. The van der Waals surface area contributed by atoms with E-state index in [-0.39, 0.29) is 51.4 Å². The molecular weight excluding hydrogens is 139 g/mol. The van der Waals surface area contributed by atoms with Crippen molar-refractivity contribution in [2.45, 2.75) is 0 Å². The Labute approximate surface area is 90.4 Å². The van der Waals surface area contributed by atoms with Crippen LogP contribution in [-0.2, 0) is 11.7 Å². The van der Waals surface area contributed by atoms with Gasteiger partial charge in [-0.15, -0.1) is 6.58 Å². The first kappa shape index (κ1) is 11.0. The van der Waals surface area contributed by atoms with Gasteiger partial charge in [-0.05, 0) is 5.75 Å². The summed E-state index contributed by atoms with van der Waals surface area (Å²) in [5.41, 5.74) is 0. The summed E-state index contributed by atoms with van der Waals surface area (Å²) < 4.78 is 0. The van der Waals surface area contributed by atoms with E-state index in [0.717, 1.165) is 5.75 Å². The molecule has 0 aliphatic rings. The van der Waals surface area contributed by atoms with Crippen LogP contribution in [0.3, 0.4) is 0 Å². The fraction of sp³-hybridized carbons (Fsp3) is 0.333. The Morgan fingerprint density at radius 1 is 1.83 bits per heavy atom. The molecule has 0 saturated heterocycles. The molecule has 0 rings (SSSR count). The predicted octanol–water partition coefficient (Wildman–Crippen LogP) is -1.63. The molecular formula is C3H5KS2. The van der Waals surface area contributed by atoms with Crippen LogP contribution in [0.15, 0.2) is 12.7 Å². The van der Waals surface area contributed by atoms with Crippen molar-refractivity contribution in [2.24, 2.45) is 0 Å². The quantitative estimate of drug-likeness (QED) is 0.198. The van der Waals surface area contributed by atoms with Gasteiger partial charge in [0, 0.05) is 0 Å². The van der Waals surface area contributed by atoms with E-state index in [2.05, 4.69) is 18.2 Å². The third-order valence-electron chi connectivity index (χ3n) is 0.186. The Hall–Kier alpha value is 2.08. The van der Waals surface area contributed by atoms with Crippen molar-refractivity contribution >= 4 is 22.5 Å². The second kappa shape index (κ2) is 10.1. The SMILES string of the molecule is C=CCS[S-].[K+]. The third kappa shape index (κ3) is 9.42. The van der Waals surface area contributed by atoms with Gasteiger partial charge < -0.3 is 22.5 Å². The molecule has 30 valence electrons. The minimum absolute atomic E-state index is 0. The third-order valence-corrected chi connectivity index (χ3v) is 0.966. The van der Waals surface area contributed by atoms with Crippen molar-refractivity contribution in [3.8, 4) is 0 Å². The second-order valence-corrected chi connectivity index (χ2v) is 1.85. The summed E-state index contributed by atoms with van der Waals surface area (Å²) in [6, 6.07) is 0. The van der Waals surface area contributed by atoms with E-state index in [9.17, 15) is 0 Å². The van der Waals surface area contributed by atoms with Gasteiger partial charge in [0.15, 0.2) is 0 Å². The molecule has 0 saturated carbocycles. The van der Waals surface area contributed by atoms with Crippen molar-refractivity contribution in [3.05, 3.63) is 12.7 Å². The molecule has 6 heavy (non-hydrogen) atoms. The van der Waals surface area contributed by atoms with Gasteiger partial charge in [0.1, 0.15) is 0 Å². The van der Waals surface area contributed by atoms with E-state index in [4.69, 9.17) is 0 Å². The Kier molecular flexibility index (Phi) is 18.5. The predicted molar refractivity (Wildman–Crippen MR) is 30.0 cm³/mol. The first-order valence-corrected chi connectivity index (χ1v) is 3.18. The van der Waals surface area contributed by atoms with Crippen LogP contribution in [0.2, 0.25) is 0 Å². The van der Waals surface area contributed by atoms with Gasteiger partial charge in [-0.2, -0.15) is 0 Å². The largest absolute Gasteiger partial charge is 1.00 e. The summed E-state index contributed by atoms with van der Waals surface area (Å²) in [6.45, 7) is 3.46. The zero-order valence-corrected chi connectivity index (χ0v) is 8.56. The van der Waals surface area contributed by atoms with Gasteiger partial charge in [-0.3, -0.25) is 0 Å². The van der Waals surface area contributed by atoms with E-state index in [1.54, 1.807) is 6.08 Å². The number of rotatable bonds is 2. The Bertz CT molecular complexity index is 30.0. The van der Waals surface area contributed by atoms with Crippen LogP contribution in [0, 0.1) is 0 Å². The summed E-state index contributed by atoms with van der Waals surface area (Å²) in [5.74, 6) is 0.884. The van der Waals surface area contributed by atoms with Gasteiger partial charge in [0.05, 0.1) is 0 Å². The van der Waals surface area contributed by atoms with Crippen LogP contribution in [0.5, 0.6) is 0 Å². The van der Waals surface area contributed by atoms with Crippen LogP contribution >= 0.6 is 10.8 Å². The van der Waals surface area contributed by atoms with Crippen molar-refractivity contribution < 1.29 is 51.4 Å². The average molecular weight is 144 g/mol. The molecule has 0 heterocycles. The molecule has 0 aliphatic heterocycles. The van der Waals surface area contributed by atoms with Crippen molar-refractivity contribution in [3.63, 3.8) is 0 Å². The molecule has 0 amide bonds. The molecule has 0 N–H and O–H groups in total.